The molecule has 0 radical (unpaired) electrons. The first kappa shape index (κ1) is 20.5. The molecule has 136 valence electrons. The van der Waals surface area contributed by atoms with E-state index in [1.807, 2.05) is 18.2 Å². The van der Waals surface area contributed by atoms with E-state index in [-0.39, 0.29) is 12.1 Å². The Hall–Kier alpha value is -1.51. The predicted molar refractivity (Wildman–Crippen MR) is 102 cm³/mol. The number of likely N-dealkylation sites (N-methyl/N-ethyl adjacent to an activating group) is 1. The van der Waals surface area contributed by atoms with Gasteiger partial charge in [-0.15, -0.1) is 0 Å². The second-order valence-electron chi connectivity index (χ2n) is 6.71. The van der Waals surface area contributed by atoms with E-state index in [1.165, 1.54) is 51.9 Å². The summed E-state index contributed by atoms with van der Waals surface area (Å²) in [6.45, 7) is 4.50. The smallest absolute Gasteiger partial charge is 0.302 e. The maximum absolute atomic E-state index is 11.4. The largest absolute Gasteiger partial charge is 0.461 e. The molecule has 0 heterocycles. The molecule has 1 atom stereocenters. The standard InChI is InChI=1S/C21H35NO2/c1-4-5-6-7-8-9-10-14-17-21(24-19(2)23)18-22(3)20-15-12-11-13-16-20/h11-13,15-16,21H,4-10,14,17-18H2,1-3H3. The second kappa shape index (κ2) is 12.9. The minimum atomic E-state index is -0.180. The number of esters is 1. The van der Waals surface area contributed by atoms with Gasteiger partial charge in [0.05, 0.1) is 6.54 Å². The van der Waals surface area contributed by atoms with Crippen molar-refractivity contribution < 1.29 is 9.53 Å². The maximum atomic E-state index is 11.4. The molecule has 0 aliphatic rings. The molecule has 24 heavy (non-hydrogen) atoms. The van der Waals surface area contributed by atoms with Crippen LogP contribution in [0.3, 0.4) is 0 Å². The number of nitrogens with zero attached hydrogens (tertiary/aromatic N) is 1. The zero-order chi connectivity index (χ0) is 17.6. The first-order valence-electron chi connectivity index (χ1n) is 9.57. The van der Waals surface area contributed by atoms with E-state index in [9.17, 15) is 4.79 Å². The normalized spacial score (nSPS) is 12.0. The Morgan fingerprint density at radius 1 is 1.00 bits per heavy atom. The summed E-state index contributed by atoms with van der Waals surface area (Å²) in [5.74, 6) is -0.180. The van der Waals surface area contributed by atoms with Crippen LogP contribution in [0.4, 0.5) is 5.69 Å². The van der Waals surface area contributed by atoms with Crippen molar-refractivity contribution in [2.45, 2.75) is 77.7 Å². The number of anilines is 1. The Balaban J connectivity index is 2.28. The lowest BCUT2D eigenvalue weighted by atomic mass is 10.1. The molecule has 0 saturated carbocycles. The number of para-hydroxylation sites is 1. The number of ether oxygens (including phenoxy) is 1. The Morgan fingerprint density at radius 2 is 1.58 bits per heavy atom. The lowest BCUT2D eigenvalue weighted by Gasteiger charge is -2.25. The molecule has 0 N–H and O–H groups in total. The van der Waals surface area contributed by atoms with Crippen molar-refractivity contribution in [3.8, 4) is 0 Å². The van der Waals surface area contributed by atoms with Crippen molar-refractivity contribution in [1.29, 1.82) is 0 Å². The van der Waals surface area contributed by atoms with Crippen molar-refractivity contribution >= 4 is 11.7 Å². The molecule has 1 aromatic rings. The van der Waals surface area contributed by atoms with E-state index >= 15 is 0 Å². The van der Waals surface area contributed by atoms with Crippen LogP contribution in [-0.2, 0) is 9.53 Å². The van der Waals surface area contributed by atoms with Gasteiger partial charge in [0.25, 0.3) is 0 Å². The van der Waals surface area contributed by atoms with Crippen LogP contribution in [0.25, 0.3) is 0 Å². The number of hydrogen-bond acceptors (Lipinski definition) is 3. The summed E-state index contributed by atoms with van der Waals surface area (Å²) in [4.78, 5) is 13.5. The summed E-state index contributed by atoms with van der Waals surface area (Å²) in [5.41, 5.74) is 1.16. The molecular weight excluding hydrogens is 298 g/mol. The maximum Gasteiger partial charge on any atom is 0.302 e. The minimum absolute atomic E-state index is 0.0206. The fourth-order valence-electron chi connectivity index (χ4n) is 3.02. The fraction of sp³-hybridized carbons (Fsp3) is 0.667. The van der Waals surface area contributed by atoms with Crippen LogP contribution >= 0.6 is 0 Å². The molecule has 1 aromatic carbocycles. The van der Waals surface area contributed by atoms with E-state index in [4.69, 9.17) is 4.74 Å². The quantitative estimate of drug-likeness (QED) is 0.348. The topological polar surface area (TPSA) is 29.5 Å². The third-order valence-electron chi connectivity index (χ3n) is 4.39. The van der Waals surface area contributed by atoms with Crippen LogP contribution in [0.2, 0.25) is 0 Å². The molecule has 1 rings (SSSR count). The summed E-state index contributed by atoms with van der Waals surface area (Å²) in [6, 6.07) is 10.3. The van der Waals surface area contributed by atoms with Gasteiger partial charge < -0.3 is 9.64 Å². The summed E-state index contributed by atoms with van der Waals surface area (Å²) in [7, 11) is 2.06. The van der Waals surface area contributed by atoms with Crippen LogP contribution in [0, 0.1) is 0 Å². The van der Waals surface area contributed by atoms with Gasteiger partial charge in [-0.1, -0.05) is 70.1 Å². The van der Waals surface area contributed by atoms with Crippen molar-refractivity contribution in [3.63, 3.8) is 0 Å². The van der Waals surface area contributed by atoms with Gasteiger partial charge in [-0.3, -0.25) is 4.79 Å². The molecule has 0 aromatic heterocycles. The highest BCUT2D eigenvalue weighted by Crippen LogP contribution is 2.16. The zero-order valence-electron chi connectivity index (χ0n) is 15.8. The van der Waals surface area contributed by atoms with Gasteiger partial charge in [-0.2, -0.15) is 0 Å². The first-order valence-corrected chi connectivity index (χ1v) is 9.57. The summed E-state index contributed by atoms with van der Waals surface area (Å²) in [5, 5.41) is 0. The number of hydrogen-bond donors (Lipinski definition) is 0. The highest BCUT2D eigenvalue weighted by atomic mass is 16.5. The van der Waals surface area contributed by atoms with Gasteiger partial charge in [0.15, 0.2) is 0 Å². The second-order valence-corrected chi connectivity index (χ2v) is 6.71. The summed E-state index contributed by atoms with van der Waals surface area (Å²) < 4.78 is 5.52. The number of benzene rings is 1. The average molecular weight is 334 g/mol. The van der Waals surface area contributed by atoms with Gasteiger partial charge in [-0.05, 0) is 25.0 Å². The Kier molecular flexibility index (Phi) is 11.0. The van der Waals surface area contributed by atoms with E-state index in [0.717, 1.165) is 25.1 Å². The number of carbonyl (C=O) groups is 1. The van der Waals surface area contributed by atoms with Gasteiger partial charge >= 0.3 is 5.97 Å². The minimum Gasteiger partial charge on any atom is -0.461 e. The Bertz CT molecular complexity index is 433. The number of unbranched alkanes of at least 4 members (excludes halogenated alkanes) is 7. The van der Waals surface area contributed by atoms with Crippen LogP contribution in [0.15, 0.2) is 30.3 Å². The summed E-state index contributed by atoms with van der Waals surface area (Å²) >= 11 is 0. The van der Waals surface area contributed by atoms with Crippen molar-refractivity contribution in [1.82, 2.24) is 0 Å². The Labute approximate surface area is 148 Å². The van der Waals surface area contributed by atoms with Gasteiger partial charge in [0, 0.05) is 19.7 Å². The molecule has 0 aliphatic carbocycles. The Morgan fingerprint density at radius 3 is 2.17 bits per heavy atom. The van der Waals surface area contributed by atoms with Crippen molar-refractivity contribution in [2.24, 2.45) is 0 Å². The van der Waals surface area contributed by atoms with Crippen molar-refractivity contribution in [2.75, 3.05) is 18.5 Å². The van der Waals surface area contributed by atoms with E-state index in [0.29, 0.717) is 0 Å². The molecule has 0 spiro atoms. The van der Waals surface area contributed by atoms with Crippen LogP contribution in [0.1, 0.15) is 71.6 Å². The lowest BCUT2D eigenvalue weighted by molar-refractivity contribution is -0.146. The summed E-state index contributed by atoms with van der Waals surface area (Å²) in [6.07, 6.45) is 11.3. The van der Waals surface area contributed by atoms with E-state index in [1.54, 1.807) is 0 Å². The molecule has 0 saturated heterocycles. The SMILES string of the molecule is CCCCCCCCCCC(CN(C)c1ccccc1)OC(C)=O. The third-order valence-corrected chi connectivity index (χ3v) is 4.39. The number of carbonyl (C=O) groups excluding carboxylic acids is 1. The molecule has 0 aliphatic heterocycles. The molecule has 3 nitrogen and oxygen atoms in total. The number of rotatable bonds is 13. The van der Waals surface area contributed by atoms with Crippen LogP contribution < -0.4 is 4.90 Å². The van der Waals surface area contributed by atoms with Gasteiger partial charge in [0.1, 0.15) is 6.10 Å². The molecular formula is C21H35NO2. The van der Waals surface area contributed by atoms with Gasteiger partial charge in [-0.25, -0.2) is 0 Å². The molecule has 0 amide bonds. The van der Waals surface area contributed by atoms with Gasteiger partial charge in [0.2, 0.25) is 0 Å². The molecule has 0 fully saturated rings. The van der Waals surface area contributed by atoms with Crippen molar-refractivity contribution in [3.05, 3.63) is 30.3 Å². The van der Waals surface area contributed by atoms with E-state index < -0.39 is 0 Å². The molecule has 3 heteroatoms. The highest BCUT2D eigenvalue weighted by molar-refractivity contribution is 5.66. The predicted octanol–water partition coefficient (Wildman–Crippen LogP) is 5.59. The fourth-order valence-corrected chi connectivity index (χ4v) is 3.02. The average Bonchev–Trinajstić information content (AvgIpc) is 2.57. The van der Waals surface area contributed by atoms with Crippen LogP contribution in [-0.4, -0.2) is 25.7 Å². The highest BCUT2D eigenvalue weighted by Gasteiger charge is 2.15. The third kappa shape index (κ3) is 9.59. The first-order chi connectivity index (χ1) is 11.6. The zero-order valence-corrected chi connectivity index (χ0v) is 15.8. The molecule has 0 bridgehead atoms. The molecule has 1 unspecified atom stereocenters. The van der Waals surface area contributed by atoms with Crippen LogP contribution in [0.5, 0.6) is 0 Å². The lowest BCUT2D eigenvalue weighted by Crippen LogP contribution is -2.32. The van der Waals surface area contributed by atoms with E-state index in [2.05, 4.69) is 31.0 Å². The monoisotopic (exact) mass is 333 g/mol.